The van der Waals surface area contributed by atoms with Crippen LogP contribution in [0.25, 0.3) is 0 Å². The minimum Gasteiger partial charge on any atom is -0.493 e. The molecule has 138 valence electrons. The average Bonchev–Trinajstić information content (AvgIpc) is 2.59. The molecule has 0 heterocycles. The van der Waals surface area contributed by atoms with Crippen molar-refractivity contribution in [2.75, 3.05) is 39.5 Å². The fraction of sp³-hybridized carbons (Fsp3) is 0.667. The first-order chi connectivity index (χ1) is 11.8. The molecule has 0 saturated carbocycles. The number of hydrogen-bond donors (Lipinski definition) is 3. The molecule has 1 rings (SSSR count). The number of benzene rings is 1. The van der Waals surface area contributed by atoms with Gasteiger partial charge in [0.05, 0.1) is 19.8 Å². The Kier molecular flexibility index (Phi) is 11.9. The third-order valence-electron chi connectivity index (χ3n) is 3.46. The number of ether oxygens (including phenoxy) is 3. The first-order valence-corrected chi connectivity index (χ1v) is 8.94. The highest BCUT2D eigenvalue weighted by Gasteiger charge is 2.05. The summed E-state index contributed by atoms with van der Waals surface area (Å²) < 4.78 is 17.4. The Balaban J connectivity index is 2.58. The number of hydrogen-bond acceptors (Lipinski definition) is 6. The van der Waals surface area contributed by atoms with Crippen molar-refractivity contribution in [3.8, 4) is 17.2 Å². The van der Waals surface area contributed by atoms with Gasteiger partial charge < -0.3 is 31.4 Å². The van der Waals surface area contributed by atoms with E-state index in [2.05, 4.69) is 0 Å². The molecule has 0 aliphatic carbocycles. The van der Waals surface area contributed by atoms with Crippen LogP contribution in [0.4, 0.5) is 0 Å². The van der Waals surface area contributed by atoms with Gasteiger partial charge in [0.15, 0.2) is 0 Å². The van der Waals surface area contributed by atoms with Crippen LogP contribution in [0.5, 0.6) is 17.2 Å². The Morgan fingerprint density at radius 1 is 0.500 bits per heavy atom. The first-order valence-electron chi connectivity index (χ1n) is 8.94. The van der Waals surface area contributed by atoms with Gasteiger partial charge in [0.2, 0.25) is 0 Å². The van der Waals surface area contributed by atoms with Crippen LogP contribution in [0.2, 0.25) is 0 Å². The number of nitrogens with two attached hydrogens (primary N) is 3. The van der Waals surface area contributed by atoms with Gasteiger partial charge in [-0.2, -0.15) is 0 Å². The molecule has 0 saturated heterocycles. The highest BCUT2D eigenvalue weighted by Crippen LogP contribution is 2.28. The van der Waals surface area contributed by atoms with E-state index in [1.807, 2.05) is 18.2 Å². The minimum absolute atomic E-state index is 0.639. The van der Waals surface area contributed by atoms with Crippen molar-refractivity contribution in [1.82, 2.24) is 0 Å². The third-order valence-corrected chi connectivity index (χ3v) is 3.46. The first kappa shape index (κ1) is 20.5. The lowest BCUT2D eigenvalue weighted by molar-refractivity contribution is 0.278. The second-order valence-corrected chi connectivity index (χ2v) is 5.67. The monoisotopic (exact) mass is 339 g/mol. The van der Waals surface area contributed by atoms with Gasteiger partial charge in [0.1, 0.15) is 17.2 Å². The molecule has 0 bridgehead atoms. The topological polar surface area (TPSA) is 106 Å². The molecule has 6 N–H and O–H groups in total. The van der Waals surface area contributed by atoms with Crippen LogP contribution in [-0.4, -0.2) is 39.5 Å². The molecule has 0 aliphatic rings. The van der Waals surface area contributed by atoms with Crippen molar-refractivity contribution in [3.63, 3.8) is 0 Å². The summed E-state index contributed by atoms with van der Waals surface area (Å²) in [7, 11) is 0. The summed E-state index contributed by atoms with van der Waals surface area (Å²) in [6.07, 6.45) is 5.67. The van der Waals surface area contributed by atoms with Gasteiger partial charge in [-0.05, 0) is 58.2 Å². The quantitative estimate of drug-likeness (QED) is 0.422. The summed E-state index contributed by atoms with van der Waals surface area (Å²) in [6, 6.07) is 5.70. The fourth-order valence-corrected chi connectivity index (χ4v) is 2.10. The van der Waals surface area contributed by atoms with Gasteiger partial charge in [-0.3, -0.25) is 0 Å². The maximum absolute atomic E-state index is 5.79. The van der Waals surface area contributed by atoms with Crippen LogP contribution >= 0.6 is 0 Å². The average molecular weight is 339 g/mol. The lowest BCUT2D eigenvalue weighted by atomic mass is 10.3. The van der Waals surface area contributed by atoms with E-state index >= 15 is 0 Å². The molecule has 1 aromatic rings. The van der Waals surface area contributed by atoms with Crippen LogP contribution in [-0.2, 0) is 0 Å². The largest absolute Gasteiger partial charge is 0.493 e. The van der Waals surface area contributed by atoms with Crippen molar-refractivity contribution in [2.24, 2.45) is 17.2 Å². The van der Waals surface area contributed by atoms with Crippen LogP contribution < -0.4 is 31.4 Å². The number of rotatable bonds is 15. The molecule has 1 aromatic carbocycles. The zero-order chi connectivity index (χ0) is 17.5. The van der Waals surface area contributed by atoms with Crippen LogP contribution in [0.15, 0.2) is 18.2 Å². The van der Waals surface area contributed by atoms with E-state index in [-0.39, 0.29) is 0 Å². The minimum atomic E-state index is 0.639. The Morgan fingerprint density at radius 3 is 1.04 bits per heavy atom. The summed E-state index contributed by atoms with van der Waals surface area (Å²) in [6.45, 7) is 3.97. The zero-order valence-electron chi connectivity index (χ0n) is 14.7. The maximum Gasteiger partial charge on any atom is 0.126 e. The van der Waals surface area contributed by atoms with Crippen molar-refractivity contribution < 1.29 is 14.2 Å². The molecule has 0 fully saturated rings. The van der Waals surface area contributed by atoms with Gasteiger partial charge in [-0.15, -0.1) is 0 Å². The Labute approximate surface area is 145 Å². The Hall–Kier alpha value is -1.50. The SMILES string of the molecule is NCCCCOc1cc(OCCCCN)cc(OCCCCN)c1. The summed E-state index contributed by atoms with van der Waals surface area (Å²) in [5, 5.41) is 0. The van der Waals surface area contributed by atoms with Crippen molar-refractivity contribution in [1.29, 1.82) is 0 Å². The summed E-state index contributed by atoms with van der Waals surface area (Å²) in [5.74, 6) is 2.28. The predicted octanol–water partition coefficient (Wildman–Crippen LogP) is 2.04. The van der Waals surface area contributed by atoms with E-state index < -0.39 is 0 Å². The molecule has 24 heavy (non-hydrogen) atoms. The second kappa shape index (κ2) is 13.9. The maximum atomic E-state index is 5.79. The van der Waals surface area contributed by atoms with E-state index in [0.717, 1.165) is 55.8 Å². The van der Waals surface area contributed by atoms with E-state index in [9.17, 15) is 0 Å². The predicted molar refractivity (Wildman–Crippen MR) is 97.8 cm³/mol. The van der Waals surface area contributed by atoms with Gasteiger partial charge in [-0.25, -0.2) is 0 Å². The summed E-state index contributed by atoms with van der Waals surface area (Å²) in [4.78, 5) is 0. The molecule has 6 nitrogen and oxygen atoms in total. The molecule has 0 radical (unpaired) electrons. The lowest BCUT2D eigenvalue weighted by Gasteiger charge is -2.13. The highest BCUT2D eigenvalue weighted by atomic mass is 16.5. The van der Waals surface area contributed by atoms with Crippen LogP contribution in [0, 0.1) is 0 Å². The third kappa shape index (κ3) is 9.60. The van der Waals surface area contributed by atoms with Gasteiger partial charge in [0.25, 0.3) is 0 Å². The summed E-state index contributed by atoms with van der Waals surface area (Å²) >= 11 is 0. The molecule has 6 heteroatoms. The van der Waals surface area contributed by atoms with Gasteiger partial charge in [-0.1, -0.05) is 0 Å². The summed E-state index contributed by atoms with van der Waals surface area (Å²) in [5.41, 5.74) is 16.5. The van der Waals surface area contributed by atoms with E-state index in [1.165, 1.54) is 0 Å². The normalized spacial score (nSPS) is 10.6. The zero-order valence-corrected chi connectivity index (χ0v) is 14.7. The molecular formula is C18H33N3O3. The second-order valence-electron chi connectivity index (χ2n) is 5.67. The highest BCUT2D eigenvalue weighted by molar-refractivity contribution is 5.42. The molecule has 0 spiro atoms. The van der Waals surface area contributed by atoms with Crippen molar-refractivity contribution >= 4 is 0 Å². The van der Waals surface area contributed by atoms with Crippen molar-refractivity contribution in [2.45, 2.75) is 38.5 Å². The molecule has 0 amide bonds. The molecular weight excluding hydrogens is 306 g/mol. The van der Waals surface area contributed by atoms with Crippen LogP contribution in [0.1, 0.15) is 38.5 Å². The molecule has 0 aromatic heterocycles. The van der Waals surface area contributed by atoms with E-state index in [0.29, 0.717) is 39.5 Å². The van der Waals surface area contributed by atoms with Gasteiger partial charge >= 0.3 is 0 Å². The van der Waals surface area contributed by atoms with E-state index in [4.69, 9.17) is 31.4 Å². The van der Waals surface area contributed by atoms with E-state index in [1.54, 1.807) is 0 Å². The molecule has 0 unspecified atom stereocenters. The lowest BCUT2D eigenvalue weighted by Crippen LogP contribution is -2.06. The van der Waals surface area contributed by atoms with Gasteiger partial charge in [0, 0.05) is 18.2 Å². The fourth-order valence-electron chi connectivity index (χ4n) is 2.10. The molecule has 0 aliphatic heterocycles. The number of unbranched alkanes of at least 4 members (excludes halogenated alkanes) is 3. The smallest absolute Gasteiger partial charge is 0.126 e. The standard InChI is InChI=1S/C18H33N3O3/c19-7-1-4-10-22-16-13-17(23-11-5-2-8-20)15-18(14-16)24-12-6-3-9-21/h13-15H,1-12,19-21H2. The van der Waals surface area contributed by atoms with Crippen molar-refractivity contribution in [3.05, 3.63) is 18.2 Å². The Morgan fingerprint density at radius 2 is 0.792 bits per heavy atom. The molecule has 0 atom stereocenters. The van der Waals surface area contributed by atoms with Crippen LogP contribution in [0.3, 0.4) is 0 Å². The Bertz CT molecular complexity index is 356.